The van der Waals surface area contributed by atoms with Crippen LogP contribution in [0.5, 0.6) is 0 Å². The number of thioether (sulfide) groups is 1. The van der Waals surface area contributed by atoms with Gasteiger partial charge in [-0.2, -0.15) is 0 Å². The second-order valence-corrected chi connectivity index (χ2v) is 7.34. The Labute approximate surface area is 156 Å². The van der Waals surface area contributed by atoms with Crippen LogP contribution >= 0.6 is 11.8 Å². The molecule has 1 atom stereocenters. The normalized spacial score (nSPS) is 12.3. The second-order valence-electron chi connectivity index (χ2n) is 6.25. The third kappa shape index (κ3) is 4.35. The van der Waals surface area contributed by atoms with Crippen LogP contribution in [0.25, 0.3) is 11.5 Å². The van der Waals surface area contributed by atoms with E-state index in [0.717, 1.165) is 11.1 Å². The molecule has 1 unspecified atom stereocenters. The molecule has 7 heteroatoms. The standard InChI is InChI=1S/C19H21N3O3S/c1-12(2)16(17(23)20-11-14-7-5-4-6-8-14)26-19-22-21-18(25-19)15-9-10-24-13(15)3/h4-10,12,16H,11H2,1-3H3,(H,20,23). The Bertz CT molecular complexity index is 858. The van der Waals surface area contributed by atoms with Crippen molar-refractivity contribution < 1.29 is 13.6 Å². The number of carbonyl (C=O) groups is 1. The number of aryl methyl sites for hydroxylation is 1. The van der Waals surface area contributed by atoms with Gasteiger partial charge in [-0.1, -0.05) is 55.9 Å². The van der Waals surface area contributed by atoms with Crippen LogP contribution in [-0.4, -0.2) is 21.4 Å². The van der Waals surface area contributed by atoms with Crippen molar-refractivity contribution in [3.63, 3.8) is 0 Å². The number of hydrogen-bond donors (Lipinski definition) is 1. The molecule has 0 aliphatic rings. The van der Waals surface area contributed by atoms with Crippen LogP contribution in [-0.2, 0) is 11.3 Å². The monoisotopic (exact) mass is 371 g/mol. The largest absolute Gasteiger partial charge is 0.469 e. The van der Waals surface area contributed by atoms with E-state index in [1.165, 1.54) is 11.8 Å². The number of nitrogens with one attached hydrogen (secondary N) is 1. The predicted octanol–water partition coefficient (Wildman–Crippen LogP) is 4.07. The van der Waals surface area contributed by atoms with Gasteiger partial charge in [0, 0.05) is 6.54 Å². The first-order chi connectivity index (χ1) is 12.5. The summed E-state index contributed by atoms with van der Waals surface area (Å²) in [7, 11) is 0. The molecule has 3 rings (SSSR count). The summed E-state index contributed by atoms with van der Waals surface area (Å²) in [6.07, 6.45) is 1.58. The molecule has 136 valence electrons. The maximum absolute atomic E-state index is 12.6. The number of nitrogens with zero attached hydrogens (tertiary/aromatic N) is 2. The van der Waals surface area contributed by atoms with Crippen LogP contribution in [0.3, 0.4) is 0 Å². The molecule has 0 saturated carbocycles. The second kappa shape index (κ2) is 8.23. The highest BCUT2D eigenvalue weighted by molar-refractivity contribution is 8.00. The lowest BCUT2D eigenvalue weighted by atomic mass is 10.1. The fourth-order valence-electron chi connectivity index (χ4n) is 2.46. The molecule has 2 aromatic heterocycles. The molecule has 1 N–H and O–H groups in total. The Kier molecular flexibility index (Phi) is 5.78. The zero-order valence-electron chi connectivity index (χ0n) is 14.9. The van der Waals surface area contributed by atoms with Crippen LogP contribution in [0.1, 0.15) is 25.2 Å². The highest BCUT2D eigenvalue weighted by Gasteiger charge is 2.26. The summed E-state index contributed by atoms with van der Waals surface area (Å²) in [4.78, 5) is 12.6. The third-order valence-corrected chi connectivity index (χ3v) is 5.28. The van der Waals surface area contributed by atoms with Crippen molar-refractivity contribution in [3.8, 4) is 11.5 Å². The molecule has 0 radical (unpaired) electrons. The summed E-state index contributed by atoms with van der Waals surface area (Å²) in [5, 5.41) is 11.1. The molecule has 0 fully saturated rings. The summed E-state index contributed by atoms with van der Waals surface area (Å²) in [5.74, 6) is 1.17. The number of carbonyl (C=O) groups excluding carboxylic acids is 1. The number of benzene rings is 1. The number of aromatic nitrogens is 2. The van der Waals surface area contributed by atoms with Crippen molar-refractivity contribution in [2.75, 3.05) is 0 Å². The molecule has 1 amide bonds. The minimum atomic E-state index is -0.322. The van der Waals surface area contributed by atoms with E-state index in [2.05, 4.69) is 15.5 Å². The van der Waals surface area contributed by atoms with Gasteiger partial charge in [-0.25, -0.2) is 0 Å². The van der Waals surface area contributed by atoms with Crippen molar-refractivity contribution >= 4 is 17.7 Å². The Balaban J connectivity index is 1.66. The van der Waals surface area contributed by atoms with Gasteiger partial charge in [0.05, 0.1) is 17.1 Å². The number of furan rings is 1. The summed E-state index contributed by atoms with van der Waals surface area (Å²) in [6, 6.07) is 11.6. The smallest absolute Gasteiger partial charge is 0.277 e. The van der Waals surface area contributed by atoms with E-state index in [1.807, 2.05) is 51.1 Å². The van der Waals surface area contributed by atoms with E-state index in [1.54, 1.807) is 12.3 Å². The lowest BCUT2D eigenvalue weighted by Gasteiger charge is -2.18. The first-order valence-electron chi connectivity index (χ1n) is 8.41. The van der Waals surface area contributed by atoms with Crippen LogP contribution in [0.15, 0.2) is 56.7 Å². The zero-order valence-corrected chi connectivity index (χ0v) is 15.7. The maximum atomic E-state index is 12.6. The van der Waals surface area contributed by atoms with E-state index in [0.29, 0.717) is 23.4 Å². The number of hydrogen-bond acceptors (Lipinski definition) is 6. The molecule has 0 spiro atoms. The number of rotatable bonds is 7. The fraction of sp³-hybridized carbons (Fsp3) is 0.316. The van der Waals surface area contributed by atoms with Gasteiger partial charge in [-0.05, 0) is 24.5 Å². The third-order valence-electron chi connectivity index (χ3n) is 3.90. The minimum Gasteiger partial charge on any atom is -0.469 e. The van der Waals surface area contributed by atoms with Crippen LogP contribution in [0.2, 0.25) is 0 Å². The topological polar surface area (TPSA) is 81.2 Å². The molecule has 6 nitrogen and oxygen atoms in total. The van der Waals surface area contributed by atoms with Gasteiger partial charge in [-0.3, -0.25) is 4.79 Å². The van der Waals surface area contributed by atoms with Gasteiger partial charge in [0.15, 0.2) is 0 Å². The summed E-state index contributed by atoms with van der Waals surface area (Å²) < 4.78 is 11.0. The summed E-state index contributed by atoms with van der Waals surface area (Å²) in [5.41, 5.74) is 1.82. The lowest BCUT2D eigenvalue weighted by molar-refractivity contribution is -0.121. The van der Waals surface area contributed by atoms with E-state index in [-0.39, 0.29) is 17.1 Å². The van der Waals surface area contributed by atoms with E-state index in [9.17, 15) is 4.79 Å². The molecular weight excluding hydrogens is 350 g/mol. The van der Waals surface area contributed by atoms with Gasteiger partial charge >= 0.3 is 0 Å². The van der Waals surface area contributed by atoms with Gasteiger partial charge in [0.25, 0.3) is 11.1 Å². The first kappa shape index (κ1) is 18.3. The molecule has 0 aliphatic heterocycles. The molecule has 26 heavy (non-hydrogen) atoms. The van der Waals surface area contributed by atoms with Crippen LogP contribution in [0, 0.1) is 12.8 Å². The van der Waals surface area contributed by atoms with Gasteiger partial charge < -0.3 is 14.2 Å². The van der Waals surface area contributed by atoms with Crippen LogP contribution in [0.4, 0.5) is 0 Å². The molecule has 0 bridgehead atoms. The van der Waals surface area contributed by atoms with Crippen molar-refractivity contribution in [2.45, 2.75) is 37.8 Å². The van der Waals surface area contributed by atoms with Crippen LogP contribution < -0.4 is 5.32 Å². The summed E-state index contributed by atoms with van der Waals surface area (Å²) >= 11 is 1.28. The molecule has 2 heterocycles. The SMILES string of the molecule is Cc1occc1-c1nnc(SC(C(=O)NCc2ccccc2)C(C)C)o1. The fourth-order valence-corrected chi connectivity index (χ4v) is 3.35. The van der Waals surface area contributed by atoms with E-state index >= 15 is 0 Å². The summed E-state index contributed by atoms with van der Waals surface area (Å²) in [6.45, 7) is 6.32. The number of amides is 1. The van der Waals surface area contributed by atoms with E-state index in [4.69, 9.17) is 8.83 Å². The molecular formula is C19H21N3O3S. The quantitative estimate of drug-likeness (QED) is 0.631. The van der Waals surface area contributed by atoms with Gasteiger partial charge in [-0.15, -0.1) is 10.2 Å². The van der Waals surface area contributed by atoms with Crippen molar-refractivity contribution in [3.05, 3.63) is 54.0 Å². The minimum absolute atomic E-state index is 0.0481. The molecule has 3 aromatic rings. The zero-order chi connectivity index (χ0) is 18.5. The van der Waals surface area contributed by atoms with Gasteiger partial charge in [0.1, 0.15) is 5.76 Å². The Hall–Kier alpha value is -2.54. The highest BCUT2D eigenvalue weighted by Crippen LogP contribution is 2.31. The molecule has 0 saturated heterocycles. The van der Waals surface area contributed by atoms with Crippen molar-refractivity contribution in [1.29, 1.82) is 0 Å². The first-order valence-corrected chi connectivity index (χ1v) is 9.29. The van der Waals surface area contributed by atoms with Crippen molar-refractivity contribution in [1.82, 2.24) is 15.5 Å². The van der Waals surface area contributed by atoms with E-state index < -0.39 is 0 Å². The Morgan fingerprint density at radius 3 is 2.62 bits per heavy atom. The average Bonchev–Trinajstić information content (AvgIpc) is 3.26. The Morgan fingerprint density at radius 2 is 1.96 bits per heavy atom. The average molecular weight is 371 g/mol. The highest BCUT2D eigenvalue weighted by atomic mass is 32.2. The Morgan fingerprint density at radius 1 is 1.19 bits per heavy atom. The lowest BCUT2D eigenvalue weighted by Crippen LogP contribution is -2.35. The predicted molar refractivity (Wildman–Crippen MR) is 99.5 cm³/mol. The van der Waals surface area contributed by atoms with Gasteiger partial charge in [0.2, 0.25) is 5.91 Å². The van der Waals surface area contributed by atoms with Crippen molar-refractivity contribution in [2.24, 2.45) is 5.92 Å². The molecule has 0 aliphatic carbocycles. The maximum Gasteiger partial charge on any atom is 0.277 e. The molecule has 1 aromatic carbocycles.